The standard InChI is InChI=1S/C19H18ClFN6O/c20-14-10-25-11-16(26-9-13-5-3-12(8-21)4-6-13)17(14)18(24)27-19(28)15(23)2-1-7-22/h1-7,10-11,22-23,26H,8-9H2,(H2,24,27,28)/b2-1-,22-7?,23-15?. The zero-order valence-corrected chi connectivity index (χ0v) is 15.5. The maximum Gasteiger partial charge on any atom is 0.274 e. The molecule has 0 bridgehead atoms. The number of anilines is 1. The van der Waals surface area contributed by atoms with Gasteiger partial charge in [-0.3, -0.25) is 20.6 Å². The first kappa shape index (κ1) is 20.9. The Hall–Kier alpha value is -3.39. The summed E-state index contributed by atoms with van der Waals surface area (Å²) in [4.78, 5) is 16.0. The fourth-order valence-electron chi connectivity index (χ4n) is 2.23. The predicted molar refractivity (Wildman–Crippen MR) is 108 cm³/mol. The van der Waals surface area contributed by atoms with Gasteiger partial charge in [0, 0.05) is 19.0 Å². The maximum atomic E-state index is 12.6. The molecule has 0 atom stereocenters. The van der Waals surface area contributed by atoms with Gasteiger partial charge in [0.25, 0.3) is 5.91 Å². The fraction of sp³-hybridized carbons (Fsp3) is 0.105. The van der Waals surface area contributed by atoms with Crippen LogP contribution in [-0.2, 0) is 18.0 Å². The number of nitrogens with one attached hydrogen (secondary N) is 5. The molecule has 2 aromatic rings. The molecule has 1 heterocycles. The second kappa shape index (κ2) is 10.1. The molecular weight excluding hydrogens is 383 g/mol. The Morgan fingerprint density at radius 2 is 1.86 bits per heavy atom. The average molecular weight is 401 g/mol. The van der Waals surface area contributed by atoms with Crippen LogP contribution in [0, 0.1) is 16.2 Å². The number of benzene rings is 1. The number of aromatic nitrogens is 1. The predicted octanol–water partition coefficient (Wildman–Crippen LogP) is 3.48. The molecule has 5 N–H and O–H groups in total. The Morgan fingerprint density at radius 1 is 1.18 bits per heavy atom. The van der Waals surface area contributed by atoms with Gasteiger partial charge in [0.1, 0.15) is 18.2 Å². The second-order valence-corrected chi connectivity index (χ2v) is 6.02. The molecule has 0 radical (unpaired) electrons. The van der Waals surface area contributed by atoms with E-state index in [1.54, 1.807) is 24.3 Å². The first-order chi connectivity index (χ1) is 13.5. The Labute approximate surface area is 166 Å². The lowest BCUT2D eigenvalue weighted by Crippen LogP contribution is -2.35. The molecule has 144 valence electrons. The summed E-state index contributed by atoms with van der Waals surface area (Å²) in [5.41, 5.74) is 1.72. The largest absolute Gasteiger partial charge is 0.379 e. The van der Waals surface area contributed by atoms with Crippen LogP contribution in [-0.4, -0.2) is 28.7 Å². The molecule has 1 amide bonds. The van der Waals surface area contributed by atoms with Crippen molar-refractivity contribution >= 4 is 41.0 Å². The van der Waals surface area contributed by atoms with Crippen molar-refractivity contribution < 1.29 is 9.18 Å². The highest BCUT2D eigenvalue weighted by Crippen LogP contribution is 2.23. The van der Waals surface area contributed by atoms with Crippen molar-refractivity contribution in [1.29, 1.82) is 16.2 Å². The van der Waals surface area contributed by atoms with E-state index in [-0.39, 0.29) is 16.4 Å². The topological polar surface area (TPSA) is 126 Å². The minimum atomic E-state index is -0.802. The van der Waals surface area contributed by atoms with Crippen molar-refractivity contribution in [2.75, 3.05) is 5.32 Å². The molecular formula is C19H18ClFN6O. The number of carbonyl (C=O) groups is 1. The zero-order valence-electron chi connectivity index (χ0n) is 14.7. The molecule has 0 spiro atoms. The lowest BCUT2D eigenvalue weighted by molar-refractivity contribution is -0.113. The summed E-state index contributed by atoms with van der Waals surface area (Å²) in [6.45, 7) is -0.155. The van der Waals surface area contributed by atoms with Crippen LogP contribution in [0.15, 0.2) is 48.8 Å². The van der Waals surface area contributed by atoms with Gasteiger partial charge in [0.15, 0.2) is 0 Å². The van der Waals surface area contributed by atoms with Gasteiger partial charge in [-0.2, -0.15) is 0 Å². The number of hydrogen-bond acceptors (Lipinski definition) is 6. The van der Waals surface area contributed by atoms with Crippen LogP contribution in [0.5, 0.6) is 0 Å². The minimum absolute atomic E-state index is 0.157. The summed E-state index contributed by atoms with van der Waals surface area (Å²) in [6.07, 6.45) is 6.13. The van der Waals surface area contributed by atoms with Crippen LogP contribution in [0.2, 0.25) is 5.02 Å². The van der Waals surface area contributed by atoms with Crippen LogP contribution in [0.25, 0.3) is 0 Å². The van der Waals surface area contributed by atoms with Crippen LogP contribution < -0.4 is 10.6 Å². The monoisotopic (exact) mass is 400 g/mol. The van der Waals surface area contributed by atoms with Gasteiger partial charge in [0.2, 0.25) is 0 Å². The van der Waals surface area contributed by atoms with E-state index in [4.69, 9.17) is 27.8 Å². The minimum Gasteiger partial charge on any atom is -0.379 e. The van der Waals surface area contributed by atoms with Gasteiger partial charge in [-0.1, -0.05) is 35.9 Å². The molecule has 9 heteroatoms. The summed E-state index contributed by atoms with van der Waals surface area (Å²) < 4.78 is 12.6. The van der Waals surface area contributed by atoms with Crippen molar-refractivity contribution in [3.8, 4) is 0 Å². The lowest BCUT2D eigenvalue weighted by atomic mass is 10.1. The van der Waals surface area contributed by atoms with Gasteiger partial charge in [-0.25, -0.2) is 4.39 Å². The van der Waals surface area contributed by atoms with E-state index in [0.717, 1.165) is 17.9 Å². The van der Waals surface area contributed by atoms with Crippen molar-refractivity contribution in [3.63, 3.8) is 0 Å². The van der Waals surface area contributed by atoms with Gasteiger partial charge in [-0.05, 0) is 23.3 Å². The van der Waals surface area contributed by atoms with E-state index in [9.17, 15) is 9.18 Å². The number of alkyl halides is 1. The fourth-order valence-corrected chi connectivity index (χ4v) is 2.48. The summed E-state index contributed by atoms with van der Waals surface area (Å²) in [7, 11) is 0. The Bertz CT molecular complexity index is 927. The molecule has 0 aliphatic rings. The second-order valence-electron chi connectivity index (χ2n) is 5.62. The van der Waals surface area contributed by atoms with Gasteiger partial charge >= 0.3 is 0 Å². The SMILES string of the molecule is N=C/C=C\C(=N)C(=O)NC(=N)c1c(Cl)cncc1NCc1ccc(CF)cc1. The number of hydrogen-bond donors (Lipinski definition) is 5. The third kappa shape index (κ3) is 5.55. The van der Waals surface area contributed by atoms with E-state index < -0.39 is 18.3 Å². The average Bonchev–Trinajstić information content (AvgIpc) is 2.70. The van der Waals surface area contributed by atoms with Crippen LogP contribution in [0.1, 0.15) is 16.7 Å². The number of amides is 1. The normalized spacial score (nSPS) is 10.5. The number of allylic oxidation sites excluding steroid dienone is 1. The number of carbonyl (C=O) groups excluding carboxylic acids is 1. The maximum absolute atomic E-state index is 12.6. The molecule has 0 unspecified atom stereocenters. The summed E-state index contributed by atoms with van der Waals surface area (Å²) in [5, 5.41) is 28.2. The van der Waals surface area contributed by atoms with Crippen molar-refractivity contribution in [1.82, 2.24) is 10.3 Å². The van der Waals surface area contributed by atoms with E-state index in [0.29, 0.717) is 17.8 Å². The quantitative estimate of drug-likeness (QED) is 0.344. The van der Waals surface area contributed by atoms with Gasteiger partial charge < -0.3 is 16.0 Å². The zero-order chi connectivity index (χ0) is 20.5. The highest BCUT2D eigenvalue weighted by Gasteiger charge is 2.17. The van der Waals surface area contributed by atoms with Gasteiger partial charge in [0.05, 0.1) is 22.5 Å². The summed E-state index contributed by atoms with van der Waals surface area (Å²) >= 11 is 6.16. The van der Waals surface area contributed by atoms with Crippen molar-refractivity contribution in [3.05, 3.63) is 70.5 Å². The number of rotatable bonds is 8. The molecule has 0 aliphatic heterocycles. The van der Waals surface area contributed by atoms with E-state index in [1.807, 2.05) is 0 Å². The first-order valence-corrected chi connectivity index (χ1v) is 8.51. The van der Waals surface area contributed by atoms with E-state index in [1.165, 1.54) is 18.5 Å². The molecule has 0 saturated heterocycles. The molecule has 1 aromatic heterocycles. The lowest BCUT2D eigenvalue weighted by Gasteiger charge is -2.14. The highest BCUT2D eigenvalue weighted by atomic mass is 35.5. The van der Waals surface area contributed by atoms with Crippen LogP contribution in [0.4, 0.5) is 10.1 Å². The third-order valence-corrected chi connectivity index (χ3v) is 3.94. The smallest absolute Gasteiger partial charge is 0.274 e. The summed E-state index contributed by atoms with van der Waals surface area (Å²) in [5.74, 6) is -1.09. The molecule has 1 aromatic carbocycles. The van der Waals surface area contributed by atoms with E-state index in [2.05, 4.69) is 15.6 Å². The Morgan fingerprint density at radius 3 is 2.50 bits per heavy atom. The number of amidine groups is 1. The molecule has 2 rings (SSSR count). The number of halogens is 2. The third-order valence-electron chi connectivity index (χ3n) is 3.65. The van der Waals surface area contributed by atoms with E-state index >= 15 is 0 Å². The molecule has 0 fully saturated rings. The summed E-state index contributed by atoms with van der Waals surface area (Å²) in [6, 6.07) is 6.93. The number of pyridine rings is 1. The molecule has 7 nitrogen and oxygen atoms in total. The van der Waals surface area contributed by atoms with Gasteiger partial charge in [-0.15, -0.1) is 0 Å². The highest BCUT2D eigenvalue weighted by molar-refractivity contribution is 6.45. The molecule has 28 heavy (non-hydrogen) atoms. The van der Waals surface area contributed by atoms with Crippen molar-refractivity contribution in [2.24, 2.45) is 0 Å². The Balaban J connectivity index is 2.14. The number of nitrogens with zero attached hydrogens (tertiary/aromatic N) is 1. The molecule has 0 aliphatic carbocycles. The van der Waals surface area contributed by atoms with Crippen molar-refractivity contribution in [2.45, 2.75) is 13.2 Å². The van der Waals surface area contributed by atoms with Crippen LogP contribution >= 0.6 is 11.6 Å². The molecule has 0 saturated carbocycles. The van der Waals surface area contributed by atoms with Crippen LogP contribution in [0.3, 0.4) is 0 Å². The Kier molecular flexibility index (Phi) is 7.53. The first-order valence-electron chi connectivity index (χ1n) is 8.13.